The molecule has 1 fully saturated rings. The van der Waals surface area contributed by atoms with E-state index in [1.54, 1.807) is 0 Å². The number of hydrogen-bond donors (Lipinski definition) is 1. The summed E-state index contributed by atoms with van der Waals surface area (Å²) >= 11 is 0. The van der Waals surface area contributed by atoms with Gasteiger partial charge in [0.25, 0.3) is 0 Å². The van der Waals surface area contributed by atoms with Crippen molar-refractivity contribution < 1.29 is 4.74 Å². The van der Waals surface area contributed by atoms with Crippen molar-refractivity contribution in [1.29, 1.82) is 0 Å². The van der Waals surface area contributed by atoms with Gasteiger partial charge in [-0.25, -0.2) is 0 Å². The van der Waals surface area contributed by atoms with Crippen LogP contribution in [0.4, 0.5) is 0 Å². The molecule has 0 spiro atoms. The maximum atomic E-state index is 5.53. The first-order valence-electron chi connectivity index (χ1n) is 6.76. The molecule has 3 heteroatoms. The smallest absolute Gasteiger partial charge is 0.0671 e. The van der Waals surface area contributed by atoms with Gasteiger partial charge in [-0.2, -0.15) is 0 Å². The van der Waals surface area contributed by atoms with E-state index in [0.717, 1.165) is 19.2 Å². The fourth-order valence-electron chi connectivity index (χ4n) is 2.55. The van der Waals surface area contributed by atoms with Crippen molar-refractivity contribution in [3.05, 3.63) is 0 Å². The van der Waals surface area contributed by atoms with Crippen LogP contribution in [0.25, 0.3) is 0 Å². The molecule has 1 rings (SSSR count). The number of ether oxygens (including phenoxy) is 1. The molecule has 1 aliphatic rings. The molecule has 0 radical (unpaired) electrons. The third-order valence-corrected chi connectivity index (χ3v) is 3.57. The second kappa shape index (κ2) is 7.25. The number of nitrogens with zero attached hydrogens (tertiary/aromatic N) is 1. The van der Waals surface area contributed by atoms with E-state index < -0.39 is 0 Å². The second-order valence-electron chi connectivity index (χ2n) is 4.87. The highest BCUT2D eigenvalue weighted by Crippen LogP contribution is 2.16. The van der Waals surface area contributed by atoms with Gasteiger partial charge in [0.05, 0.1) is 6.10 Å². The van der Waals surface area contributed by atoms with Gasteiger partial charge >= 0.3 is 0 Å². The normalized spacial score (nSPS) is 29.2. The number of likely N-dealkylation sites (tertiary alicyclic amines) is 1. The van der Waals surface area contributed by atoms with Crippen LogP contribution < -0.4 is 5.32 Å². The summed E-state index contributed by atoms with van der Waals surface area (Å²) in [7, 11) is 0. The van der Waals surface area contributed by atoms with Crippen LogP contribution in [0.3, 0.4) is 0 Å². The van der Waals surface area contributed by atoms with Gasteiger partial charge in [0.15, 0.2) is 0 Å². The van der Waals surface area contributed by atoms with Crippen molar-refractivity contribution in [3.8, 4) is 0 Å². The summed E-state index contributed by atoms with van der Waals surface area (Å²) < 4.78 is 5.53. The lowest BCUT2D eigenvalue weighted by Gasteiger charge is -2.37. The molecule has 0 amide bonds. The van der Waals surface area contributed by atoms with Gasteiger partial charge in [0.1, 0.15) is 0 Å². The molecule has 0 aliphatic carbocycles. The Labute approximate surface area is 101 Å². The van der Waals surface area contributed by atoms with Gasteiger partial charge in [-0.3, -0.25) is 0 Å². The van der Waals surface area contributed by atoms with Crippen molar-refractivity contribution >= 4 is 0 Å². The van der Waals surface area contributed by atoms with E-state index in [0.29, 0.717) is 12.1 Å². The van der Waals surface area contributed by atoms with Gasteiger partial charge in [-0.1, -0.05) is 6.92 Å². The maximum absolute atomic E-state index is 5.53. The quantitative estimate of drug-likeness (QED) is 0.751. The number of piperidine rings is 1. The molecular weight excluding hydrogens is 200 g/mol. The molecule has 0 aromatic rings. The number of hydrogen-bond acceptors (Lipinski definition) is 3. The average Bonchev–Trinajstić information content (AvgIpc) is 2.27. The molecule has 0 aromatic heterocycles. The Hall–Kier alpha value is -0.120. The zero-order valence-corrected chi connectivity index (χ0v) is 11.3. The fraction of sp³-hybridized carbons (Fsp3) is 1.00. The zero-order chi connectivity index (χ0) is 12.0. The predicted octanol–water partition coefficient (Wildman–Crippen LogP) is 1.87. The Bertz CT molecular complexity index is 187. The van der Waals surface area contributed by atoms with Gasteiger partial charge in [0.2, 0.25) is 0 Å². The van der Waals surface area contributed by atoms with Crippen molar-refractivity contribution in [2.45, 2.75) is 58.7 Å². The van der Waals surface area contributed by atoms with Crippen LogP contribution in [0.5, 0.6) is 0 Å². The Morgan fingerprint density at radius 1 is 1.44 bits per heavy atom. The van der Waals surface area contributed by atoms with Gasteiger partial charge in [-0.15, -0.1) is 0 Å². The number of nitrogens with one attached hydrogen (secondary N) is 1. The lowest BCUT2D eigenvalue weighted by atomic mass is 9.98. The van der Waals surface area contributed by atoms with E-state index in [1.807, 2.05) is 0 Å². The van der Waals surface area contributed by atoms with Crippen molar-refractivity contribution in [2.75, 3.05) is 26.2 Å². The van der Waals surface area contributed by atoms with Gasteiger partial charge in [0, 0.05) is 25.2 Å². The van der Waals surface area contributed by atoms with E-state index >= 15 is 0 Å². The van der Waals surface area contributed by atoms with Gasteiger partial charge < -0.3 is 15.0 Å². The first-order chi connectivity index (χ1) is 7.67. The minimum Gasteiger partial charge on any atom is -0.377 e. The molecule has 96 valence electrons. The Morgan fingerprint density at radius 2 is 2.19 bits per heavy atom. The molecule has 16 heavy (non-hydrogen) atoms. The van der Waals surface area contributed by atoms with Crippen LogP contribution in [-0.4, -0.2) is 49.3 Å². The lowest BCUT2D eigenvalue weighted by Crippen LogP contribution is -2.48. The molecule has 3 unspecified atom stereocenters. The van der Waals surface area contributed by atoms with E-state index in [4.69, 9.17) is 4.74 Å². The Morgan fingerprint density at radius 3 is 2.75 bits per heavy atom. The zero-order valence-electron chi connectivity index (χ0n) is 11.3. The van der Waals surface area contributed by atoms with E-state index in [-0.39, 0.29) is 0 Å². The van der Waals surface area contributed by atoms with Crippen LogP contribution in [-0.2, 0) is 4.74 Å². The molecule has 1 saturated heterocycles. The third kappa shape index (κ3) is 4.40. The van der Waals surface area contributed by atoms with Crippen LogP contribution >= 0.6 is 0 Å². The van der Waals surface area contributed by atoms with Crippen molar-refractivity contribution in [2.24, 2.45) is 0 Å². The highest BCUT2D eigenvalue weighted by Gasteiger charge is 2.23. The topological polar surface area (TPSA) is 24.5 Å². The standard InChI is InChI=1S/C13H28N2O/c1-5-15-8-7-13(9-11(15)3)14-10-12(4)16-6-2/h11-14H,5-10H2,1-4H3. The molecule has 1 aliphatic heterocycles. The third-order valence-electron chi connectivity index (χ3n) is 3.57. The number of rotatable bonds is 6. The summed E-state index contributed by atoms with van der Waals surface area (Å²) in [5.41, 5.74) is 0. The summed E-state index contributed by atoms with van der Waals surface area (Å²) in [5, 5.41) is 3.63. The van der Waals surface area contributed by atoms with Crippen molar-refractivity contribution in [3.63, 3.8) is 0 Å². The lowest BCUT2D eigenvalue weighted by molar-refractivity contribution is 0.0679. The summed E-state index contributed by atoms with van der Waals surface area (Å²) in [6.45, 7) is 13.0. The monoisotopic (exact) mass is 228 g/mol. The first kappa shape index (κ1) is 13.9. The van der Waals surface area contributed by atoms with E-state index in [1.165, 1.54) is 25.9 Å². The SMILES string of the molecule is CCOC(C)CNC1CCN(CC)C(C)C1. The largest absolute Gasteiger partial charge is 0.377 e. The highest BCUT2D eigenvalue weighted by molar-refractivity contribution is 4.82. The summed E-state index contributed by atoms with van der Waals surface area (Å²) in [4.78, 5) is 2.56. The predicted molar refractivity (Wildman–Crippen MR) is 68.8 cm³/mol. The van der Waals surface area contributed by atoms with Crippen LogP contribution in [0, 0.1) is 0 Å². The molecule has 3 atom stereocenters. The molecule has 1 N–H and O–H groups in total. The van der Waals surface area contributed by atoms with E-state index in [2.05, 4.69) is 37.9 Å². The average molecular weight is 228 g/mol. The second-order valence-corrected chi connectivity index (χ2v) is 4.87. The molecule has 0 aromatic carbocycles. The molecule has 1 heterocycles. The van der Waals surface area contributed by atoms with Crippen LogP contribution in [0.1, 0.15) is 40.5 Å². The van der Waals surface area contributed by atoms with Crippen LogP contribution in [0.15, 0.2) is 0 Å². The van der Waals surface area contributed by atoms with Crippen LogP contribution in [0.2, 0.25) is 0 Å². The summed E-state index contributed by atoms with van der Waals surface area (Å²) in [5.74, 6) is 0. The van der Waals surface area contributed by atoms with Crippen molar-refractivity contribution in [1.82, 2.24) is 10.2 Å². The Balaban J connectivity index is 2.19. The highest BCUT2D eigenvalue weighted by atomic mass is 16.5. The maximum Gasteiger partial charge on any atom is 0.0671 e. The molecular formula is C13H28N2O. The molecule has 0 bridgehead atoms. The van der Waals surface area contributed by atoms with Gasteiger partial charge in [-0.05, 0) is 46.7 Å². The summed E-state index contributed by atoms with van der Waals surface area (Å²) in [6.07, 6.45) is 2.88. The molecule has 0 saturated carbocycles. The molecule has 3 nitrogen and oxygen atoms in total. The summed E-state index contributed by atoms with van der Waals surface area (Å²) in [6, 6.07) is 1.40. The first-order valence-corrected chi connectivity index (χ1v) is 6.76. The Kier molecular flexibility index (Phi) is 6.32. The van der Waals surface area contributed by atoms with E-state index in [9.17, 15) is 0 Å². The minimum absolute atomic E-state index is 0.338. The fourth-order valence-corrected chi connectivity index (χ4v) is 2.55. The minimum atomic E-state index is 0.338.